The fourth-order valence-corrected chi connectivity index (χ4v) is 0.450. The van der Waals surface area contributed by atoms with Crippen LogP contribution in [0, 0.1) is 0 Å². The zero-order valence-electron chi connectivity index (χ0n) is 5.81. The maximum atomic E-state index is 5.41. The van der Waals surface area contributed by atoms with Crippen LogP contribution in [0.3, 0.4) is 0 Å². The molecule has 0 saturated carbocycles. The van der Waals surface area contributed by atoms with Crippen molar-refractivity contribution in [3.05, 3.63) is 24.5 Å². The Hall–Kier alpha value is -0.470. The number of hydrogen-bond donors (Lipinski definition) is 0. The van der Waals surface area contributed by atoms with Crippen molar-refractivity contribution in [1.29, 1.82) is 0 Å². The molecule has 0 atom stereocenters. The first-order chi connectivity index (χ1) is 4.77. The summed E-state index contributed by atoms with van der Waals surface area (Å²) < 4.78 is 9.77. The van der Waals surface area contributed by atoms with E-state index in [1.807, 2.05) is 0 Å². The van der Waals surface area contributed by atoms with Gasteiger partial charge in [0.05, 0.1) is 19.5 Å². The zero-order valence-corrected chi connectivity index (χ0v) is 6.56. The van der Waals surface area contributed by atoms with Gasteiger partial charge in [0, 0.05) is 5.03 Å². The molecule has 0 aromatic rings. The highest BCUT2D eigenvalue weighted by Crippen LogP contribution is 1.95. The molecule has 2 nitrogen and oxygen atoms in total. The van der Waals surface area contributed by atoms with E-state index in [4.69, 9.17) is 21.1 Å². The van der Waals surface area contributed by atoms with Gasteiger partial charge in [-0.15, -0.1) is 0 Å². The second-order valence-corrected chi connectivity index (χ2v) is 2.14. The minimum Gasteiger partial charge on any atom is -0.499 e. The molecular formula is C7H11ClO2. The van der Waals surface area contributed by atoms with Crippen LogP contribution in [-0.2, 0) is 9.47 Å². The smallest absolute Gasteiger partial charge is 0.111 e. The number of rotatable bonds is 6. The van der Waals surface area contributed by atoms with E-state index in [0.717, 1.165) is 0 Å². The fourth-order valence-electron chi connectivity index (χ4n) is 0.373. The quantitative estimate of drug-likeness (QED) is 0.439. The summed E-state index contributed by atoms with van der Waals surface area (Å²) in [4.78, 5) is 0. The van der Waals surface area contributed by atoms with E-state index < -0.39 is 0 Å². The van der Waals surface area contributed by atoms with Gasteiger partial charge in [0.25, 0.3) is 0 Å². The number of ether oxygens (including phenoxy) is 2. The van der Waals surface area contributed by atoms with Crippen molar-refractivity contribution in [2.75, 3.05) is 19.8 Å². The van der Waals surface area contributed by atoms with Gasteiger partial charge in [-0.3, -0.25) is 0 Å². The van der Waals surface area contributed by atoms with Crippen LogP contribution in [0.2, 0.25) is 0 Å². The van der Waals surface area contributed by atoms with Gasteiger partial charge in [0.15, 0.2) is 0 Å². The highest BCUT2D eigenvalue weighted by molar-refractivity contribution is 6.29. The van der Waals surface area contributed by atoms with Gasteiger partial charge < -0.3 is 9.47 Å². The van der Waals surface area contributed by atoms with Crippen LogP contribution in [0.25, 0.3) is 0 Å². The standard InChI is InChI=1S/C7H11ClO2/c1-3-9-4-5-10-6-7(2)8/h3H,1-2,4-6H2. The van der Waals surface area contributed by atoms with Crippen LogP contribution < -0.4 is 0 Å². The molecule has 10 heavy (non-hydrogen) atoms. The van der Waals surface area contributed by atoms with Gasteiger partial charge in [-0.05, 0) is 0 Å². The minimum absolute atomic E-state index is 0.377. The fraction of sp³-hybridized carbons (Fsp3) is 0.429. The molecule has 0 heterocycles. The van der Waals surface area contributed by atoms with Crippen molar-refractivity contribution in [1.82, 2.24) is 0 Å². The third-order valence-electron chi connectivity index (χ3n) is 0.722. The number of hydrogen-bond acceptors (Lipinski definition) is 2. The molecule has 0 rings (SSSR count). The Morgan fingerprint density at radius 3 is 2.70 bits per heavy atom. The van der Waals surface area contributed by atoms with Crippen molar-refractivity contribution in [2.24, 2.45) is 0 Å². The maximum Gasteiger partial charge on any atom is 0.111 e. The molecule has 0 amide bonds. The van der Waals surface area contributed by atoms with E-state index in [2.05, 4.69) is 13.2 Å². The average Bonchev–Trinajstić information content (AvgIpc) is 1.87. The highest BCUT2D eigenvalue weighted by Gasteiger charge is 1.87. The van der Waals surface area contributed by atoms with Gasteiger partial charge in [0.1, 0.15) is 6.61 Å². The van der Waals surface area contributed by atoms with Crippen molar-refractivity contribution in [3.8, 4) is 0 Å². The summed E-state index contributed by atoms with van der Waals surface area (Å²) >= 11 is 5.41. The Balaban J connectivity index is 2.90. The lowest BCUT2D eigenvalue weighted by Gasteiger charge is -2.01. The number of halogens is 1. The van der Waals surface area contributed by atoms with E-state index in [1.54, 1.807) is 0 Å². The molecule has 0 unspecified atom stereocenters. The molecule has 0 aliphatic heterocycles. The highest BCUT2D eigenvalue weighted by atomic mass is 35.5. The third-order valence-corrected chi connectivity index (χ3v) is 0.831. The lowest BCUT2D eigenvalue weighted by molar-refractivity contribution is 0.101. The Labute approximate surface area is 66.1 Å². The topological polar surface area (TPSA) is 18.5 Å². The molecule has 0 radical (unpaired) electrons. The molecule has 0 aromatic heterocycles. The molecule has 58 valence electrons. The SMILES string of the molecule is C=COCCOCC(=C)Cl. The predicted molar refractivity (Wildman–Crippen MR) is 42.0 cm³/mol. The molecule has 3 heteroatoms. The van der Waals surface area contributed by atoms with E-state index in [-0.39, 0.29) is 0 Å². The summed E-state index contributed by atoms with van der Waals surface area (Å²) in [6.07, 6.45) is 1.37. The van der Waals surface area contributed by atoms with Crippen LogP contribution >= 0.6 is 11.6 Å². The molecule has 0 fully saturated rings. The van der Waals surface area contributed by atoms with Crippen LogP contribution in [0.15, 0.2) is 24.5 Å². The Bertz CT molecular complexity index is 112. The molecule has 0 spiro atoms. The minimum atomic E-state index is 0.377. The maximum absolute atomic E-state index is 5.41. The van der Waals surface area contributed by atoms with E-state index >= 15 is 0 Å². The van der Waals surface area contributed by atoms with Gasteiger partial charge in [0.2, 0.25) is 0 Å². The first-order valence-electron chi connectivity index (χ1n) is 2.91. The largest absolute Gasteiger partial charge is 0.499 e. The predicted octanol–water partition coefficient (Wildman–Crippen LogP) is 1.92. The van der Waals surface area contributed by atoms with E-state index in [9.17, 15) is 0 Å². The average molecular weight is 163 g/mol. The molecule has 0 aliphatic rings. The van der Waals surface area contributed by atoms with Crippen molar-refractivity contribution in [2.45, 2.75) is 0 Å². The summed E-state index contributed by atoms with van der Waals surface area (Å²) in [5.41, 5.74) is 0. The Morgan fingerprint density at radius 1 is 1.50 bits per heavy atom. The van der Waals surface area contributed by atoms with Gasteiger partial charge in [-0.1, -0.05) is 24.8 Å². The van der Waals surface area contributed by atoms with Crippen LogP contribution in [0.5, 0.6) is 0 Å². The molecule has 0 aromatic carbocycles. The van der Waals surface area contributed by atoms with Crippen molar-refractivity contribution >= 4 is 11.6 Å². The molecule has 0 N–H and O–H groups in total. The van der Waals surface area contributed by atoms with Gasteiger partial charge in [-0.25, -0.2) is 0 Å². The van der Waals surface area contributed by atoms with Crippen LogP contribution in [-0.4, -0.2) is 19.8 Å². The second kappa shape index (κ2) is 6.65. The molecule has 0 saturated heterocycles. The van der Waals surface area contributed by atoms with Crippen molar-refractivity contribution < 1.29 is 9.47 Å². The van der Waals surface area contributed by atoms with E-state index in [0.29, 0.717) is 24.9 Å². The summed E-state index contributed by atoms with van der Waals surface area (Å²) in [7, 11) is 0. The Kier molecular flexibility index (Phi) is 6.33. The monoisotopic (exact) mass is 162 g/mol. The molecule has 0 aliphatic carbocycles. The third kappa shape index (κ3) is 7.53. The van der Waals surface area contributed by atoms with Crippen LogP contribution in [0.1, 0.15) is 0 Å². The summed E-state index contributed by atoms with van der Waals surface area (Å²) in [6.45, 7) is 8.22. The van der Waals surface area contributed by atoms with E-state index in [1.165, 1.54) is 6.26 Å². The lowest BCUT2D eigenvalue weighted by Crippen LogP contribution is -2.01. The lowest BCUT2D eigenvalue weighted by atomic mass is 10.7. The summed E-state index contributed by atoms with van der Waals surface area (Å²) in [5, 5.41) is 0.499. The van der Waals surface area contributed by atoms with Crippen LogP contribution in [0.4, 0.5) is 0 Å². The first kappa shape index (κ1) is 9.53. The van der Waals surface area contributed by atoms with Gasteiger partial charge >= 0.3 is 0 Å². The first-order valence-corrected chi connectivity index (χ1v) is 3.28. The van der Waals surface area contributed by atoms with Gasteiger partial charge in [-0.2, -0.15) is 0 Å². The summed E-state index contributed by atoms with van der Waals surface area (Å²) in [6, 6.07) is 0. The zero-order chi connectivity index (χ0) is 7.82. The molecule has 0 bridgehead atoms. The van der Waals surface area contributed by atoms with Crippen molar-refractivity contribution in [3.63, 3.8) is 0 Å². The summed E-state index contributed by atoms with van der Waals surface area (Å²) in [5.74, 6) is 0. The Morgan fingerprint density at radius 2 is 2.20 bits per heavy atom. The second-order valence-electron chi connectivity index (χ2n) is 1.61. The molecular weight excluding hydrogens is 152 g/mol. The normalized spacial score (nSPS) is 8.90.